The lowest BCUT2D eigenvalue weighted by atomic mass is 10.0. The van der Waals surface area contributed by atoms with Crippen molar-refractivity contribution in [2.45, 2.75) is 19.8 Å². The summed E-state index contributed by atoms with van der Waals surface area (Å²) < 4.78 is 0. The zero-order chi connectivity index (χ0) is 15.7. The lowest BCUT2D eigenvalue weighted by Gasteiger charge is -2.08. The molecule has 0 bridgehead atoms. The molecule has 112 valence electrons. The van der Waals surface area contributed by atoms with E-state index in [0.717, 1.165) is 5.69 Å². The number of aromatic nitrogens is 2. The van der Waals surface area contributed by atoms with Crippen molar-refractivity contribution in [2.75, 3.05) is 5.32 Å². The van der Waals surface area contributed by atoms with E-state index < -0.39 is 0 Å². The van der Waals surface area contributed by atoms with Gasteiger partial charge in [0.05, 0.1) is 11.0 Å². The first kappa shape index (κ1) is 14.1. The van der Waals surface area contributed by atoms with Crippen molar-refractivity contribution in [1.29, 1.82) is 0 Å². The van der Waals surface area contributed by atoms with Gasteiger partial charge in [0, 0.05) is 11.3 Å². The molecule has 0 aliphatic carbocycles. The number of H-pyrrole nitrogens is 2. The van der Waals surface area contributed by atoms with Crippen LogP contribution in [-0.4, -0.2) is 15.9 Å². The number of hydrogen-bond acceptors (Lipinski definition) is 2. The average Bonchev–Trinajstić information content (AvgIpc) is 2.86. The van der Waals surface area contributed by atoms with Crippen LogP contribution in [0.2, 0.25) is 0 Å². The van der Waals surface area contributed by atoms with Crippen molar-refractivity contribution in [1.82, 2.24) is 9.97 Å². The molecular weight excluding hydrogens is 278 g/mol. The number of fused-ring (bicyclic) bond motifs is 1. The molecule has 0 atom stereocenters. The Morgan fingerprint density at radius 3 is 2.36 bits per heavy atom. The van der Waals surface area contributed by atoms with Crippen molar-refractivity contribution < 1.29 is 4.79 Å². The van der Waals surface area contributed by atoms with Crippen LogP contribution in [0, 0.1) is 0 Å². The lowest BCUT2D eigenvalue weighted by Crippen LogP contribution is -2.11. The number of hydrogen-bond donors (Lipinski definition) is 3. The van der Waals surface area contributed by atoms with Gasteiger partial charge in [0.2, 0.25) is 0 Å². The molecule has 5 nitrogen and oxygen atoms in total. The van der Waals surface area contributed by atoms with Gasteiger partial charge in [-0.1, -0.05) is 26.0 Å². The number of aromatic amines is 2. The second-order valence-corrected chi connectivity index (χ2v) is 5.57. The number of carbonyl (C=O) groups excluding carboxylic acids is 1. The first-order valence-electron chi connectivity index (χ1n) is 7.16. The molecule has 0 fully saturated rings. The fourth-order valence-electron chi connectivity index (χ4n) is 2.33. The molecule has 3 aromatic rings. The monoisotopic (exact) mass is 295 g/mol. The maximum Gasteiger partial charge on any atom is 0.323 e. The highest BCUT2D eigenvalue weighted by molar-refractivity contribution is 6.05. The zero-order valence-corrected chi connectivity index (χ0v) is 12.4. The van der Waals surface area contributed by atoms with E-state index >= 15 is 0 Å². The summed E-state index contributed by atoms with van der Waals surface area (Å²) in [6.07, 6.45) is 0. The third-order valence-electron chi connectivity index (χ3n) is 3.61. The quantitative estimate of drug-likeness (QED) is 0.693. The summed E-state index contributed by atoms with van der Waals surface area (Å²) in [5, 5.41) is 2.85. The van der Waals surface area contributed by atoms with Crippen LogP contribution in [0.5, 0.6) is 0 Å². The normalized spacial score (nSPS) is 11.0. The Labute approximate surface area is 127 Å². The van der Waals surface area contributed by atoms with Crippen LogP contribution < -0.4 is 11.0 Å². The van der Waals surface area contributed by atoms with Crippen LogP contribution in [-0.2, 0) is 0 Å². The van der Waals surface area contributed by atoms with E-state index in [4.69, 9.17) is 0 Å². The van der Waals surface area contributed by atoms with Crippen molar-refractivity contribution in [2.24, 2.45) is 0 Å². The summed E-state index contributed by atoms with van der Waals surface area (Å²) in [4.78, 5) is 28.8. The summed E-state index contributed by atoms with van der Waals surface area (Å²) in [7, 11) is 0. The molecule has 3 rings (SSSR count). The second-order valence-electron chi connectivity index (χ2n) is 5.57. The van der Waals surface area contributed by atoms with Crippen molar-refractivity contribution in [3.8, 4) is 0 Å². The summed E-state index contributed by atoms with van der Waals surface area (Å²) in [6.45, 7) is 4.25. The molecule has 22 heavy (non-hydrogen) atoms. The number of imidazole rings is 1. The number of benzene rings is 2. The largest absolute Gasteiger partial charge is 0.323 e. The second kappa shape index (κ2) is 5.52. The van der Waals surface area contributed by atoms with E-state index in [0.29, 0.717) is 22.5 Å². The van der Waals surface area contributed by atoms with Gasteiger partial charge in [-0.05, 0) is 41.8 Å². The Morgan fingerprint density at radius 1 is 1.00 bits per heavy atom. The number of amides is 1. The predicted molar refractivity (Wildman–Crippen MR) is 87.4 cm³/mol. The van der Waals surface area contributed by atoms with Crippen LogP contribution in [0.25, 0.3) is 11.0 Å². The first-order valence-corrected chi connectivity index (χ1v) is 7.16. The van der Waals surface area contributed by atoms with Crippen LogP contribution in [0.1, 0.15) is 35.7 Å². The van der Waals surface area contributed by atoms with Gasteiger partial charge in [0.15, 0.2) is 0 Å². The third kappa shape index (κ3) is 2.79. The average molecular weight is 295 g/mol. The lowest BCUT2D eigenvalue weighted by molar-refractivity contribution is 0.102. The minimum atomic E-state index is -0.281. The van der Waals surface area contributed by atoms with E-state index in [9.17, 15) is 9.59 Å². The molecule has 0 radical (unpaired) electrons. The van der Waals surface area contributed by atoms with Gasteiger partial charge < -0.3 is 15.3 Å². The summed E-state index contributed by atoms with van der Waals surface area (Å²) in [5.41, 5.74) is 3.49. The first-order chi connectivity index (χ1) is 10.5. The number of nitrogens with one attached hydrogen (secondary N) is 3. The van der Waals surface area contributed by atoms with Gasteiger partial charge in [0.25, 0.3) is 5.91 Å². The Hall–Kier alpha value is -2.82. The Balaban J connectivity index is 1.81. The van der Waals surface area contributed by atoms with Gasteiger partial charge in [-0.2, -0.15) is 0 Å². The highest BCUT2D eigenvalue weighted by Crippen LogP contribution is 2.18. The standard InChI is InChI=1S/C17H17N3O2/c1-10(2)11-3-6-13(7-4-11)18-16(21)12-5-8-14-15(9-12)20-17(22)19-14/h3-10H,1-2H3,(H,18,21)(H2,19,20,22). The van der Waals surface area contributed by atoms with E-state index in [1.54, 1.807) is 18.2 Å². The fraction of sp³-hybridized carbons (Fsp3) is 0.176. The van der Waals surface area contributed by atoms with Gasteiger partial charge in [-0.25, -0.2) is 4.79 Å². The van der Waals surface area contributed by atoms with E-state index in [1.807, 2.05) is 24.3 Å². The van der Waals surface area contributed by atoms with Gasteiger partial charge in [-0.15, -0.1) is 0 Å². The van der Waals surface area contributed by atoms with E-state index in [1.165, 1.54) is 5.56 Å². The predicted octanol–water partition coefficient (Wildman–Crippen LogP) is 3.23. The molecule has 0 aliphatic heterocycles. The molecule has 5 heteroatoms. The molecule has 0 aliphatic rings. The molecule has 0 saturated carbocycles. The Bertz CT molecular complexity index is 873. The van der Waals surface area contributed by atoms with Crippen molar-refractivity contribution >= 4 is 22.6 Å². The highest BCUT2D eigenvalue weighted by Gasteiger charge is 2.08. The molecule has 1 amide bonds. The summed E-state index contributed by atoms with van der Waals surface area (Å²) in [6, 6.07) is 12.9. The van der Waals surface area contributed by atoms with E-state index in [-0.39, 0.29) is 11.6 Å². The van der Waals surface area contributed by atoms with Crippen LogP contribution in [0.15, 0.2) is 47.3 Å². The smallest absolute Gasteiger partial charge is 0.322 e. The third-order valence-corrected chi connectivity index (χ3v) is 3.61. The minimum absolute atomic E-state index is 0.207. The summed E-state index contributed by atoms with van der Waals surface area (Å²) in [5.74, 6) is 0.249. The zero-order valence-electron chi connectivity index (χ0n) is 12.4. The van der Waals surface area contributed by atoms with Gasteiger partial charge in [-0.3, -0.25) is 4.79 Å². The fourth-order valence-corrected chi connectivity index (χ4v) is 2.33. The van der Waals surface area contributed by atoms with Gasteiger partial charge >= 0.3 is 5.69 Å². The molecule has 0 saturated heterocycles. The Kier molecular flexibility index (Phi) is 3.55. The van der Waals surface area contributed by atoms with Crippen LogP contribution >= 0.6 is 0 Å². The number of rotatable bonds is 3. The molecule has 3 N–H and O–H groups in total. The maximum atomic E-state index is 12.3. The van der Waals surface area contributed by atoms with Gasteiger partial charge in [0.1, 0.15) is 0 Å². The maximum absolute atomic E-state index is 12.3. The molecule has 2 aromatic carbocycles. The highest BCUT2D eigenvalue weighted by atomic mass is 16.2. The molecule has 0 unspecified atom stereocenters. The molecular formula is C17H17N3O2. The van der Waals surface area contributed by atoms with Crippen molar-refractivity contribution in [3.63, 3.8) is 0 Å². The molecule has 1 aromatic heterocycles. The van der Waals surface area contributed by atoms with E-state index in [2.05, 4.69) is 29.1 Å². The number of carbonyl (C=O) groups is 1. The van der Waals surface area contributed by atoms with Crippen LogP contribution in [0.3, 0.4) is 0 Å². The SMILES string of the molecule is CC(C)c1ccc(NC(=O)c2ccc3[nH]c(=O)[nH]c3c2)cc1. The molecule has 1 heterocycles. The minimum Gasteiger partial charge on any atom is -0.322 e. The molecule has 0 spiro atoms. The topological polar surface area (TPSA) is 77.8 Å². The summed E-state index contributed by atoms with van der Waals surface area (Å²) >= 11 is 0. The Morgan fingerprint density at radius 2 is 1.68 bits per heavy atom. The van der Waals surface area contributed by atoms with Crippen LogP contribution in [0.4, 0.5) is 5.69 Å². The number of anilines is 1. The van der Waals surface area contributed by atoms with Crippen molar-refractivity contribution in [3.05, 3.63) is 64.1 Å².